The first-order chi connectivity index (χ1) is 11.3. The van der Waals surface area contributed by atoms with Crippen molar-refractivity contribution in [3.05, 3.63) is 59.1 Å². The topological polar surface area (TPSA) is 96.4 Å². The first-order valence-electron chi connectivity index (χ1n) is 6.73. The predicted octanol–water partition coefficient (Wildman–Crippen LogP) is 3.52. The van der Waals surface area contributed by atoms with Gasteiger partial charge < -0.3 is 5.32 Å². The smallest absolute Gasteiger partial charge is 0.281 e. The van der Waals surface area contributed by atoms with E-state index in [2.05, 4.69) is 10.3 Å². The molecule has 2 N–H and O–H groups in total. The molecule has 1 aromatic heterocycles. The molecular formula is C15H11ClN2O4S2. The molecule has 1 amide bonds. The lowest BCUT2D eigenvalue weighted by molar-refractivity contribution is -0.116. The van der Waals surface area contributed by atoms with Crippen molar-refractivity contribution >= 4 is 54.3 Å². The van der Waals surface area contributed by atoms with E-state index < -0.39 is 21.3 Å². The van der Waals surface area contributed by atoms with Crippen LogP contribution < -0.4 is 5.32 Å². The second kappa shape index (κ2) is 6.48. The molecule has 2 aromatic carbocycles. The number of benzene rings is 2. The third kappa shape index (κ3) is 3.57. The summed E-state index contributed by atoms with van der Waals surface area (Å²) in [6.07, 6.45) is 0. The van der Waals surface area contributed by atoms with Gasteiger partial charge in [0.15, 0.2) is 10.4 Å². The third-order valence-electron chi connectivity index (χ3n) is 3.22. The zero-order chi connectivity index (χ0) is 17.3. The van der Waals surface area contributed by atoms with E-state index in [1.807, 2.05) is 0 Å². The molecule has 0 aliphatic heterocycles. The van der Waals surface area contributed by atoms with E-state index in [9.17, 15) is 17.8 Å². The van der Waals surface area contributed by atoms with E-state index in [1.54, 1.807) is 36.4 Å². The fraction of sp³-hybridized carbons (Fsp3) is 0.0667. The average molecular weight is 383 g/mol. The van der Waals surface area contributed by atoms with Crippen molar-refractivity contribution in [2.75, 3.05) is 5.32 Å². The molecule has 6 nitrogen and oxygen atoms in total. The number of carbonyl (C=O) groups excluding carboxylic acids is 1. The van der Waals surface area contributed by atoms with Gasteiger partial charge in [-0.1, -0.05) is 53.3 Å². The van der Waals surface area contributed by atoms with E-state index >= 15 is 0 Å². The normalized spacial score (nSPS) is 12.9. The molecule has 0 radical (unpaired) electrons. The van der Waals surface area contributed by atoms with Crippen LogP contribution in [0.3, 0.4) is 0 Å². The Bertz CT molecular complexity index is 1000. The van der Waals surface area contributed by atoms with E-state index in [0.29, 0.717) is 10.5 Å². The van der Waals surface area contributed by atoms with Gasteiger partial charge in [-0.15, -0.1) is 0 Å². The van der Waals surface area contributed by atoms with Gasteiger partial charge in [0.2, 0.25) is 0 Å². The molecule has 0 saturated carbocycles. The van der Waals surface area contributed by atoms with Gasteiger partial charge in [-0.25, -0.2) is 4.98 Å². The number of anilines is 1. The van der Waals surface area contributed by atoms with Crippen LogP contribution in [0.15, 0.2) is 48.5 Å². The largest absolute Gasteiger partial charge is 0.300 e. The molecule has 0 bridgehead atoms. The van der Waals surface area contributed by atoms with E-state index in [1.165, 1.54) is 12.1 Å². The van der Waals surface area contributed by atoms with Crippen LogP contribution in [0, 0.1) is 0 Å². The number of nitrogens with zero attached hydrogens (tertiary/aromatic N) is 1. The number of aromatic nitrogens is 1. The van der Waals surface area contributed by atoms with Crippen molar-refractivity contribution < 1.29 is 17.8 Å². The molecule has 0 fully saturated rings. The molecule has 1 unspecified atom stereocenters. The summed E-state index contributed by atoms with van der Waals surface area (Å²) >= 11 is 7.06. The second-order valence-corrected chi connectivity index (χ2v) is 7.89. The maximum atomic E-state index is 12.4. The van der Waals surface area contributed by atoms with E-state index in [0.717, 1.165) is 16.0 Å². The summed E-state index contributed by atoms with van der Waals surface area (Å²) in [6.45, 7) is 0. The van der Waals surface area contributed by atoms with Crippen LogP contribution in [0.5, 0.6) is 0 Å². The lowest BCUT2D eigenvalue weighted by atomic mass is 10.1. The lowest BCUT2D eigenvalue weighted by Gasteiger charge is -2.13. The van der Waals surface area contributed by atoms with Crippen molar-refractivity contribution in [2.45, 2.75) is 5.25 Å². The second-order valence-electron chi connectivity index (χ2n) is 4.93. The number of fused-ring (bicyclic) bond motifs is 1. The standard InChI is InChI=1S/C15H11ClN2O4S2/c16-10-6-7-11-12(8-10)23-15(17-11)18-14(19)13(24(20,21)22)9-4-2-1-3-5-9/h1-8,13H,(H,17,18,19)(H,20,21,22). The molecule has 1 atom stereocenters. The van der Waals surface area contributed by atoms with Crippen LogP contribution in [0.4, 0.5) is 5.13 Å². The molecule has 0 aliphatic rings. The Hall–Kier alpha value is -2.00. The minimum atomic E-state index is -4.63. The number of hydrogen-bond acceptors (Lipinski definition) is 5. The van der Waals surface area contributed by atoms with Crippen LogP contribution >= 0.6 is 22.9 Å². The average Bonchev–Trinajstić information content (AvgIpc) is 2.88. The van der Waals surface area contributed by atoms with Crippen LogP contribution in [0.1, 0.15) is 10.8 Å². The number of carbonyl (C=O) groups is 1. The Labute approximate surface area is 146 Å². The zero-order valence-electron chi connectivity index (χ0n) is 12.0. The molecule has 1 heterocycles. The number of rotatable bonds is 4. The number of amides is 1. The van der Waals surface area contributed by atoms with Crippen molar-refractivity contribution in [1.82, 2.24) is 4.98 Å². The van der Waals surface area contributed by atoms with Crippen LogP contribution in [0.25, 0.3) is 10.2 Å². The fourth-order valence-electron chi connectivity index (χ4n) is 2.21. The van der Waals surface area contributed by atoms with Crippen molar-refractivity contribution in [2.24, 2.45) is 0 Å². The number of hydrogen-bond donors (Lipinski definition) is 2. The molecule has 0 aliphatic carbocycles. The highest BCUT2D eigenvalue weighted by molar-refractivity contribution is 7.86. The van der Waals surface area contributed by atoms with Crippen molar-refractivity contribution in [1.29, 1.82) is 0 Å². The summed E-state index contributed by atoms with van der Waals surface area (Å²) in [7, 11) is -4.63. The van der Waals surface area contributed by atoms with Crippen LogP contribution in [-0.2, 0) is 14.9 Å². The number of thiazole rings is 1. The van der Waals surface area contributed by atoms with E-state index in [4.69, 9.17) is 11.6 Å². The van der Waals surface area contributed by atoms with Crippen molar-refractivity contribution in [3.8, 4) is 0 Å². The quantitative estimate of drug-likeness (QED) is 0.673. The van der Waals surface area contributed by atoms with Crippen LogP contribution in [-0.4, -0.2) is 23.9 Å². The summed E-state index contributed by atoms with van der Waals surface area (Å²) in [5, 5.41) is 1.47. The highest BCUT2D eigenvalue weighted by Crippen LogP contribution is 2.30. The SMILES string of the molecule is O=C(Nc1nc2ccc(Cl)cc2s1)C(c1ccccc1)S(=O)(=O)O. The molecule has 0 saturated heterocycles. The van der Waals surface area contributed by atoms with Crippen molar-refractivity contribution in [3.63, 3.8) is 0 Å². The first-order valence-corrected chi connectivity index (χ1v) is 9.42. The highest BCUT2D eigenvalue weighted by atomic mass is 35.5. The maximum Gasteiger partial charge on any atom is 0.281 e. The Balaban J connectivity index is 1.93. The minimum absolute atomic E-state index is 0.168. The van der Waals surface area contributed by atoms with Gasteiger partial charge in [-0.2, -0.15) is 8.42 Å². The minimum Gasteiger partial charge on any atom is -0.300 e. The molecule has 3 aromatic rings. The lowest BCUT2D eigenvalue weighted by Crippen LogP contribution is -2.27. The Morgan fingerprint density at radius 1 is 1.21 bits per heavy atom. The molecule has 124 valence electrons. The summed E-state index contributed by atoms with van der Waals surface area (Å²) in [5.74, 6) is -0.881. The summed E-state index contributed by atoms with van der Waals surface area (Å²) in [4.78, 5) is 16.6. The van der Waals surface area contributed by atoms with Gasteiger partial charge in [0.25, 0.3) is 16.0 Å². The van der Waals surface area contributed by atoms with Gasteiger partial charge in [0.05, 0.1) is 10.2 Å². The fourth-order valence-corrected chi connectivity index (χ4v) is 4.18. The highest BCUT2D eigenvalue weighted by Gasteiger charge is 2.33. The molecule has 9 heteroatoms. The van der Waals surface area contributed by atoms with Crippen LogP contribution in [0.2, 0.25) is 5.02 Å². The van der Waals surface area contributed by atoms with Gasteiger partial charge in [0.1, 0.15) is 0 Å². The Morgan fingerprint density at radius 2 is 1.92 bits per heavy atom. The summed E-state index contributed by atoms with van der Waals surface area (Å²) < 4.78 is 33.5. The zero-order valence-corrected chi connectivity index (χ0v) is 14.4. The third-order valence-corrected chi connectivity index (χ3v) is 5.47. The van der Waals surface area contributed by atoms with Gasteiger partial charge in [-0.3, -0.25) is 9.35 Å². The van der Waals surface area contributed by atoms with Gasteiger partial charge in [-0.05, 0) is 23.8 Å². The number of halogens is 1. The molecular weight excluding hydrogens is 372 g/mol. The molecule has 3 rings (SSSR count). The monoisotopic (exact) mass is 382 g/mol. The van der Waals surface area contributed by atoms with Gasteiger partial charge in [0, 0.05) is 5.02 Å². The number of nitrogens with one attached hydrogen (secondary N) is 1. The molecule has 0 spiro atoms. The summed E-state index contributed by atoms with van der Waals surface area (Å²) in [6, 6.07) is 12.8. The summed E-state index contributed by atoms with van der Waals surface area (Å²) in [5.41, 5.74) is 0.796. The Morgan fingerprint density at radius 3 is 2.58 bits per heavy atom. The predicted molar refractivity (Wildman–Crippen MR) is 94.0 cm³/mol. The maximum absolute atomic E-state index is 12.4. The Kier molecular flexibility index (Phi) is 4.55. The molecule has 24 heavy (non-hydrogen) atoms. The van der Waals surface area contributed by atoms with E-state index in [-0.39, 0.29) is 10.7 Å². The van der Waals surface area contributed by atoms with Gasteiger partial charge >= 0.3 is 0 Å². The first kappa shape index (κ1) is 16.8.